The molecule has 0 radical (unpaired) electrons. The van der Waals surface area contributed by atoms with Crippen LogP contribution in [0, 0.1) is 0 Å². The molecule has 0 aliphatic rings. The molecule has 1 amide bonds. The first-order chi connectivity index (χ1) is 12.9. The first-order valence-electron chi connectivity index (χ1n) is 8.42. The van der Waals surface area contributed by atoms with Gasteiger partial charge >= 0.3 is 0 Å². The Kier molecular flexibility index (Phi) is 4.16. The van der Waals surface area contributed by atoms with Crippen LogP contribution >= 0.6 is 11.6 Å². The maximum absolute atomic E-state index is 12.6. The summed E-state index contributed by atoms with van der Waals surface area (Å²) < 4.78 is 1.49. The van der Waals surface area contributed by atoms with Gasteiger partial charge in [-0.3, -0.25) is 9.59 Å². The number of nitrogens with one attached hydrogen (secondary N) is 2. The Morgan fingerprint density at radius 3 is 2.63 bits per heavy atom. The first-order valence-corrected chi connectivity index (χ1v) is 8.79. The van der Waals surface area contributed by atoms with Crippen molar-refractivity contribution in [2.24, 2.45) is 0 Å². The normalized spacial score (nSPS) is 11.4. The average molecular weight is 382 g/mol. The number of rotatable bonds is 3. The van der Waals surface area contributed by atoms with Gasteiger partial charge in [0.15, 0.2) is 11.3 Å². The highest BCUT2D eigenvalue weighted by molar-refractivity contribution is 6.31. The second-order valence-electron chi connectivity index (χ2n) is 6.53. The summed E-state index contributed by atoms with van der Waals surface area (Å²) in [5.41, 5.74) is 2.09. The predicted molar refractivity (Wildman–Crippen MR) is 105 cm³/mol. The van der Waals surface area contributed by atoms with Crippen LogP contribution in [0.5, 0.6) is 0 Å². The first kappa shape index (κ1) is 17.2. The van der Waals surface area contributed by atoms with Crippen molar-refractivity contribution in [3.8, 4) is 0 Å². The Morgan fingerprint density at radius 2 is 1.93 bits per heavy atom. The Labute approximate surface area is 159 Å². The van der Waals surface area contributed by atoms with E-state index in [0.29, 0.717) is 27.5 Å². The fraction of sp³-hybridized carbons (Fsp3) is 0.158. The molecule has 7 nitrogen and oxygen atoms in total. The average Bonchev–Trinajstić information content (AvgIpc) is 3.06. The standard InChI is InChI=1S/C19H16ClN5O2/c1-10(2)11-3-6-13(7-4-11)21-19(27)16-17-22-18(26)14-9-12(20)5-8-15(14)25(17)24-23-16/h3-10,24H,1-2H3,(H,21,27). The van der Waals surface area contributed by atoms with Crippen LogP contribution in [0.3, 0.4) is 0 Å². The SMILES string of the molecule is CC(C)c1ccc(NC(=O)c2n[nH]n3c2nc(=O)c2cc(Cl)ccc23)cc1. The number of H-pyrrole nitrogens is 1. The number of carbonyl (C=O) groups is 1. The lowest BCUT2D eigenvalue weighted by Crippen LogP contribution is -2.16. The number of aromatic nitrogens is 4. The zero-order valence-corrected chi connectivity index (χ0v) is 15.4. The molecular weight excluding hydrogens is 366 g/mol. The summed E-state index contributed by atoms with van der Waals surface area (Å²) in [6.07, 6.45) is 0. The summed E-state index contributed by atoms with van der Waals surface area (Å²) in [6.45, 7) is 4.20. The van der Waals surface area contributed by atoms with Gasteiger partial charge in [-0.1, -0.05) is 37.6 Å². The van der Waals surface area contributed by atoms with E-state index in [2.05, 4.69) is 34.5 Å². The molecule has 2 aromatic carbocycles. The molecule has 0 atom stereocenters. The second-order valence-corrected chi connectivity index (χ2v) is 6.97. The third-order valence-corrected chi connectivity index (χ3v) is 4.61. The smallest absolute Gasteiger partial charge is 0.281 e. The fourth-order valence-electron chi connectivity index (χ4n) is 2.90. The highest BCUT2D eigenvalue weighted by Gasteiger charge is 2.18. The molecule has 8 heteroatoms. The van der Waals surface area contributed by atoms with Gasteiger partial charge in [0.2, 0.25) is 0 Å². The molecule has 0 unspecified atom stereocenters. The molecule has 0 bridgehead atoms. The molecule has 0 saturated heterocycles. The molecule has 0 spiro atoms. The van der Waals surface area contributed by atoms with Gasteiger partial charge in [-0.25, -0.2) is 9.73 Å². The van der Waals surface area contributed by atoms with Crippen molar-refractivity contribution in [2.45, 2.75) is 19.8 Å². The van der Waals surface area contributed by atoms with Crippen LogP contribution in [-0.4, -0.2) is 25.7 Å². The van der Waals surface area contributed by atoms with E-state index in [4.69, 9.17) is 11.6 Å². The summed E-state index contributed by atoms with van der Waals surface area (Å²) in [5.74, 6) is -0.0471. The molecule has 4 aromatic rings. The number of carbonyl (C=O) groups excluding carboxylic acids is 1. The van der Waals surface area contributed by atoms with E-state index in [0.717, 1.165) is 0 Å². The number of benzene rings is 2. The summed E-state index contributed by atoms with van der Waals surface area (Å²) in [5, 5.41) is 10.3. The highest BCUT2D eigenvalue weighted by atomic mass is 35.5. The predicted octanol–water partition coefficient (Wildman–Crippen LogP) is 3.60. The molecule has 0 aliphatic heterocycles. The van der Waals surface area contributed by atoms with Crippen molar-refractivity contribution in [2.75, 3.05) is 5.32 Å². The lowest BCUT2D eigenvalue weighted by molar-refractivity contribution is 0.102. The molecule has 0 aliphatic carbocycles. The third-order valence-electron chi connectivity index (χ3n) is 4.37. The molecule has 0 fully saturated rings. The summed E-state index contributed by atoms with van der Waals surface area (Å²) >= 11 is 5.95. The maximum atomic E-state index is 12.6. The number of aromatic amines is 1. The number of nitrogens with zero attached hydrogens (tertiary/aromatic N) is 3. The molecular formula is C19H16ClN5O2. The minimum atomic E-state index is -0.468. The van der Waals surface area contributed by atoms with Crippen molar-refractivity contribution in [3.63, 3.8) is 0 Å². The van der Waals surface area contributed by atoms with Crippen LogP contribution in [0.2, 0.25) is 5.02 Å². The number of hydrogen-bond donors (Lipinski definition) is 2. The van der Waals surface area contributed by atoms with Crippen molar-refractivity contribution in [1.82, 2.24) is 19.8 Å². The Balaban J connectivity index is 1.73. The lowest BCUT2D eigenvalue weighted by atomic mass is 10.0. The zero-order valence-electron chi connectivity index (χ0n) is 14.7. The van der Waals surface area contributed by atoms with Gasteiger partial charge in [-0.2, -0.15) is 4.98 Å². The van der Waals surface area contributed by atoms with E-state index >= 15 is 0 Å². The summed E-state index contributed by atoms with van der Waals surface area (Å²) in [4.78, 5) is 29.0. The van der Waals surface area contributed by atoms with Crippen LogP contribution in [0.4, 0.5) is 5.69 Å². The molecule has 2 aromatic heterocycles. The Morgan fingerprint density at radius 1 is 1.19 bits per heavy atom. The molecule has 136 valence electrons. The minimum Gasteiger partial charge on any atom is -0.320 e. The number of amides is 1. The zero-order chi connectivity index (χ0) is 19.1. The molecule has 4 rings (SSSR count). The quantitative estimate of drug-likeness (QED) is 0.567. The number of halogens is 1. The molecule has 2 heterocycles. The Hall–Kier alpha value is -3.19. The monoisotopic (exact) mass is 381 g/mol. The van der Waals surface area contributed by atoms with Gasteiger partial charge in [0.1, 0.15) is 0 Å². The maximum Gasteiger partial charge on any atom is 0.281 e. The van der Waals surface area contributed by atoms with E-state index < -0.39 is 11.5 Å². The van der Waals surface area contributed by atoms with Crippen molar-refractivity contribution in [1.29, 1.82) is 0 Å². The van der Waals surface area contributed by atoms with E-state index in [1.165, 1.54) is 16.1 Å². The Bertz CT molecular complexity index is 1220. The van der Waals surface area contributed by atoms with E-state index in [9.17, 15) is 9.59 Å². The summed E-state index contributed by atoms with van der Waals surface area (Å²) in [6, 6.07) is 12.5. The molecule has 0 saturated carbocycles. The van der Waals surface area contributed by atoms with Gasteiger partial charge in [0, 0.05) is 10.7 Å². The van der Waals surface area contributed by atoms with Crippen LogP contribution in [0.25, 0.3) is 16.6 Å². The molecule has 2 N–H and O–H groups in total. The van der Waals surface area contributed by atoms with E-state index in [-0.39, 0.29) is 11.3 Å². The van der Waals surface area contributed by atoms with Gasteiger partial charge in [0.25, 0.3) is 11.5 Å². The second kappa shape index (κ2) is 6.51. The van der Waals surface area contributed by atoms with E-state index in [1.54, 1.807) is 12.1 Å². The van der Waals surface area contributed by atoms with Crippen LogP contribution in [0.1, 0.15) is 35.8 Å². The van der Waals surface area contributed by atoms with Gasteiger partial charge < -0.3 is 5.32 Å². The van der Waals surface area contributed by atoms with Crippen molar-refractivity contribution >= 4 is 39.7 Å². The minimum absolute atomic E-state index is 0.0388. The van der Waals surface area contributed by atoms with Crippen LogP contribution < -0.4 is 10.9 Å². The topological polar surface area (TPSA) is 92.2 Å². The number of anilines is 1. The fourth-order valence-corrected chi connectivity index (χ4v) is 3.07. The molecule has 27 heavy (non-hydrogen) atoms. The number of fused-ring (bicyclic) bond motifs is 3. The van der Waals surface area contributed by atoms with Crippen molar-refractivity contribution < 1.29 is 4.79 Å². The van der Waals surface area contributed by atoms with Crippen molar-refractivity contribution in [3.05, 3.63) is 69.1 Å². The third kappa shape index (κ3) is 3.06. The van der Waals surface area contributed by atoms with Gasteiger partial charge in [0.05, 0.1) is 10.9 Å². The van der Waals surface area contributed by atoms with Crippen LogP contribution in [0.15, 0.2) is 47.3 Å². The van der Waals surface area contributed by atoms with Gasteiger partial charge in [-0.15, -0.1) is 5.10 Å². The number of hydrogen-bond acceptors (Lipinski definition) is 4. The lowest BCUT2D eigenvalue weighted by Gasteiger charge is -2.07. The van der Waals surface area contributed by atoms with Crippen LogP contribution in [-0.2, 0) is 0 Å². The summed E-state index contributed by atoms with van der Waals surface area (Å²) in [7, 11) is 0. The largest absolute Gasteiger partial charge is 0.320 e. The van der Waals surface area contributed by atoms with Gasteiger partial charge in [-0.05, 0) is 41.8 Å². The van der Waals surface area contributed by atoms with E-state index in [1.807, 2.05) is 24.3 Å². The highest BCUT2D eigenvalue weighted by Crippen LogP contribution is 2.20.